The summed E-state index contributed by atoms with van der Waals surface area (Å²) in [5.41, 5.74) is 1.85. The van der Waals surface area contributed by atoms with E-state index in [2.05, 4.69) is 17.0 Å². The van der Waals surface area contributed by atoms with Crippen LogP contribution < -0.4 is 0 Å². The van der Waals surface area contributed by atoms with E-state index in [0.717, 1.165) is 19.6 Å². The summed E-state index contributed by atoms with van der Waals surface area (Å²) in [7, 11) is -3.67. The fraction of sp³-hybridized carbons (Fsp3) is 0.381. The fourth-order valence-electron chi connectivity index (χ4n) is 4.40. The highest BCUT2D eigenvalue weighted by Crippen LogP contribution is 2.44. The molecule has 1 atom stereocenters. The van der Waals surface area contributed by atoms with Crippen molar-refractivity contribution in [3.05, 3.63) is 65.7 Å². The number of fused-ring (bicyclic) bond motifs is 1. The first kappa shape index (κ1) is 19.1. The van der Waals surface area contributed by atoms with Crippen LogP contribution in [0.2, 0.25) is 0 Å². The number of aliphatic carboxylic acids is 1. The average molecular weight is 401 g/mol. The normalized spacial score (nSPS) is 22.8. The zero-order valence-electron chi connectivity index (χ0n) is 15.6. The summed E-state index contributed by atoms with van der Waals surface area (Å²) in [5.74, 6) is -0.983. The second-order valence-electron chi connectivity index (χ2n) is 7.48. The number of benzene rings is 2. The molecular formula is C21H24N2O4S. The summed E-state index contributed by atoms with van der Waals surface area (Å²) >= 11 is 0. The lowest BCUT2D eigenvalue weighted by Crippen LogP contribution is -2.46. The zero-order valence-corrected chi connectivity index (χ0v) is 16.4. The van der Waals surface area contributed by atoms with E-state index in [9.17, 15) is 18.3 Å². The van der Waals surface area contributed by atoms with Gasteiger partial charge in [0.1, 0.15) is 0 Å². The molecule has 0 unspecified atom stereocenters. The van der Waals surface area contributed by atoms with Crippen molar-refractivity contribution in [2.24, 2.45) is 0 Å². The number of hydrogen-bond donors (Lipinski definition) is 1. The van der Waals surface area contributed by atoms with Crippen molar-refractivity contribution in [1.82, 2.24) is 9.21 Å². The first-order chi connectivity index (χ1) is 13.5. The Bertz CT molecular complexity index is 953. The molecule has 1 saturated heterocycles. The van der Waals surface area contributed by atoms with Gasteiger partial charge in [-0.25, -0.2) is 8.42 Å². The van der Waals surface area contributed by atoms with E-state index in [1.54, 1.807) is 24.3 Å². The number of nitrogens with zero attached hydrogens (tertiary/aromatic N) is 2. The summed E-state index contributed by atoms with van der Waals surface area (Å²) in [6.45, 7) is 2.43. The van der Waals surface area contributed by atoms with Crippen LogP contribution in [-0.2, 0) is 21.4 Å². The van der Waals surface area contributed by atoms with E-state index in [1.807, 2.05) is 18.2 Å². The molecule has 0 amide bonds. The number of piperidine rings is 1. The summed E-state index contributed by atoms with van der Waals surface area (Å²) in [6, 6.07) is 16.2. The van der Waals surface area contributed by atoms with Gasteiger partial charge < -0.3 is 5.11 Å². The second kappa shape index (κ2) is 7.66. The Morgan fingerprint density at radius 1 is 1.00 bits per heavy atom. The quantitative estimate of drug-likeness (QED) is 0.835. The largest absolute Gasteiger partial charge is 0.481 e. The standard InChI is InChI=1S/C21H24N2O4S/c24-21(25)14-19-18-8-4-5-9-20(18)28(26,27)23(19)17-10-12-22(13-11-17)15-16-6-2-1-3-7-16/h1-9,17,19H,10-15H2,(H,24,25)/t19-/m0/s1. The van der Waals surface area contributed by atoms with Gasteiger partial charge in [0, 0.05) is 25.7 Å². The number of carboxylic acids is 1. The van der Waals surface area contributed by atoms with Crippen LogP contribution in [0.5, 0.6) is 0 Å². The molecule has 0 bridgehead atoms. The highest BCUT2D eigenvalue weighted by atomic mass is 32.2. The molecule has 2 aliphatic heterocycles. The molecule has 1 N–H and O–H groups in total. The van der Waals surface area contributed by atoms with Crippen LogP contribution >= 0.6 is 0 Å². The lowest BCUT2D eigenvalue weighted by atomic mass is 9.98. The van der Waals surface area contributed by atoms with Gasteiger partial charge in [0.05, 0.1) is 17.4 Å². The molecule has 2 aliphatic rings. The topological polar surface area (TPSA) is 77.9 Å². The molecule has 7 heteroatoms. The number of carbonyl (C=O) groups is 1. The van der Waals surface area contributed by atoms with Gasteiger partial charge in [-0.05, 0) is 30.0 Å². The SMILES string of the molecule is O=C(O)C[C@H]1c2ccccc2S(=O)(=O)N1C1CCN(Cc2ccccc2)CC1. The van der Waals surface area contributed by atoms with Crippen LogP contribution in [-0.4, -0.2) is 47.8 Å². The number of hydrogen-bond acceptors (Lipinski definition) is 4. The van der Waals surface area contributed by atoms with E-state index in [4.69, 9.17) is 0 Å². The Morgan fingerprint density at radius 2 is 1.64 bits per heavy atom. The third-order valence-corrected chi connectivity index (χ3v) is 7.71. The summed E-state index contributed by atoms with van der Waals surface area (Å²) in [6.07, 6.45) is 1.20. The molecule has 2 heterocycles. The van der Waals surface area contributed by atoms with E-state index in [0.29, 0.717) is 18.4 Å². The van der Waals surface area contributed by atoms with Crippen LogP contribution in [0.1, 0.15) is 36.4 Å². The van der Waals surface area contributed by atoms with Crippen molar-refractivity contribution in [3.63, 3.8) is 0 Å². The van der Waals surface area contributed by atoms with Crippen molar-refractivity contribution >= 4 is 16.0 Å². The first-order valence-electron chi connectivity index (χ1n) is 9.57. The van der Waals surface area contributed by atoms with Gasteiger partial charge in [-0.15, -0.1) is 0 Å². The predicted octanol–water partition coefficient (Wildman–Crippen LogP) is 2.87. The van der Waals surface area contributed by atoms with Gasteiger partial charge >= 0.3 is 5.97 Å². The number of likely N-dealkylation sites (tertiary alicyclic amines) is 1. The molecule has 0 radical (unpaired) electrons. The molecule has 1 fully saturated rings. The molecule has 4 rings (SSSR count). The molecule has 2 aromatic carbocycles. The lowest BCUT2D eigenvalue weighted by Gasteiger charge is -2.38. The van der Waals surface area contributed by atoms with Crippen molar-refractivity contribution in [2.45, 2.75) is 42.8 Å². The molecular weight excluding hydrogens is 376 g/mol. The van der Waals surface area contributed by atoms with Crippen molar-refractivity contribution < 1.29 is 18.3 Å². The third kappa shape index (κ3) is 3.57. The van der Waals surface area contributed by atoms with Crippen molar-refractivity contribution in [2.75, 3.05) is 13.1 Å². The van der Waals surface area contributed by atoms with Crippen LogP contribution in [0.3, 0.4) is 0 Å². The predicted molar refractivity (Wildman–Crippen MR) is 105 cm³/mol. The minimum Gasteiger partial charge on any atom is -0.481 e. The Hall–Kier alpha value is -2.22. The van der Waals surface area contributed by atoms with E-state index in [1.165, 1.54) is 9.87 Å². The molecule has 6 nitrogen and oxygen atoms in total. The van der Waals surface area contributed by atoms with Crippen molar-refractivity contribution in [1.29, 1.82) is 0 Å². The van der Waals surface area contributed by atoms with Crippen LogP contribution in [0, 0.1) is 0 Å². The average Bonchev–Trinajstić information content (AvgIpc) is 2.90. The molecule has 2 aromatic rings. The molecule has 0 aromatic heterocycles. The lowest BCUT2D eigenvalue weighted by molar-refractivity contribution is -0.138. The van der Waals surface area contributed by atoms with Gasteiger partial charge in [-0.3, -0.25) is 9.69 Å². The molecule has 28 heavy (non-hydrogen) atoms. The van der Waals surface area contributed by atoms with Crippen LogP contribution in [0.15, 0.2) is 59.5 Å². The number of sulfonamides is 1. The maximum absolute atomic E-state index is 13.2. The summed E-state index contributed by atoms with van der Waals surface area (Å²) in [4.78, 5) is 14.0. The van der Waals surface area contributed by atoms with Gasteiger partial charge in [0.2, 0.25) is 10.0 Å². The van der Waals surface area contributed by atoms with E-state index >= 15 is 0 Å². The molecule has 0 spiro atoms. The third-order valence-electron chi connectivity index (χ3n) is 5.67. The maximum atomic E-state index is 13.2. The Balaban J connectivity index is 1.52. The van der Waals surface area contributed by atoms with Gasteiger partial charge in [0.25, 0.3) is 0 Å². The zero-order chi connectivity index (χ0) is 19.7. The molecule has 0 aliphatic carbocycles. The smallest absolute Gasteiger partial charge is 0.305 e. The maximum Gasteiger partial charge on any atom is 0.305 e. The monoisotopic (exact) mass is 400 g/mol. The van der Waals surface area contributed by atoms with E-state index < -0.39 is 22.0 Å². The summed E-state index contributed by atoms with van der Waals surface area (Å²) in [5, 5.41) is 9.36. The fourth-order valence-corrected chi connectivity index (χ4v) is 6.50. The number of rotatable bonds is 5. The van der Waals surface area contributed by atoms with Crippen LogP contribution in [0.25, 0.3) is 0 Å². The first-order valence-corrected chi connectivity index (χ1v) is 11.0. The highest BCUT2D eigenvalue weighted by molar-refractivity contribution is 7.89. The molecule has 148 valence electrons. The van der Waals surface area contributed by atoms with Gasteiger partial charge in [-0.2, -0.15) is 4.31 Å². The highest BCUT2D eigenvalue weighted by Gasteiger charge is 2.47. The van der Waals surface area contributed by atoms with Crippen LogP contribution in [0.4, 0.5) is 0 Å². The van der Waals surface area contributed by atoms with E-state index in [-0.39, 0.29) is 17.4 Å². The molecule has 0 saturated carbocycles. The van der Waals surface area contributed by atoms with Crippen molar-refractivity contribution in [3.8, 4) is 0 Å². The number of carboxylic acid groups (broad SMARTS) is 1. The summed E-state index contributed by atoms with van der Waals surface area (Å²) < 4.78 is 27.8. The Labute approximate surface area is 165 Å². The van der Waals surface area contributed by atoms with Gasteiger partial charge in [-0.1, -0.05) is 48.5 Å². The Kier molecular flexibility index (Phi) is 5.23. The van der Waals surface area contributed by atoms with Gasteiger partial charge in [0.15, 0.2) is 0 Å². The Morgan fingerprint density at radius 3 is 2.32 bits per heavy atom. The minimum absolute atomic E-state index is 0.172. The second-order valence-corrected chi connectivity index (χ2v) is 9.29. The minimum atomic E-state index is -3.67.